The maximum Gasteiger partial charge on any atom is 0.255 e. The van der Waals surface area contributed by atoms with Crippen molar-refractivity contribution in [2.45, 2.75) is 12.8 Å². The first-order chi connectivity index (χ1) is 15.0. The smallest absolute Gasteiger partial charge is 0.255 e. The average molecular weight is 450 g/mol. The molecule has 2 N–H and O–H groups in total. The van der Waals surface area contributed by atoms with E-state index in [1.165, 1.54) is 11.3 Å². The predicted octanol–water partition coefficient (Wildman–Crippen LogP) is 5.91. The van der Waals surface area contributed by atoms with Gasteiger partial charge in [-0.15, -0.1) is 0 Å². The second kappa shape index (κ2) is 9.29. The zero-order valence-corrected chi connectivity index (χ0v) is 18.3. The standard InChI is InChI=1S/C24H20ClN3O2S/c1-15-6-5-9-19(25)22(15)28-23(30)17-10-11-20-21(12-17)31-24(27-20)26-13-18(14-29)16-7-3-2-4-8-16/h2-12,14,18H,13H2,1H3,(H,26,27)(H,28,30). The SMILES string of the molecule is Cc1cccc(Cl)c1NC(=O)c1ccc2nc(NCC(C=O)c3ccccc3)sc2c1. The molecule has 1 aromatic heterocycles. The van der Waals surface area contributed by atoms with Crippen LogP contribution in [-0.4, -0.2) is 23.7 Å². The van der Waals surface area contributed by atoms with Crippen LogP contribution in [0.15, 0.2) is 66.7 Å². The van der Waals surface area contributed by atoms with Crippen LogP contribution >= 0.6 is 22.9 Å². The number of aromatic nitrogens is 1. The molecule has 1 heterocycles. The summed E-state index contributed by atoms with van der Waals surface area (Å²) in [7, 11) is 0. The highest BCUT2D eigenvalue weighted by Crippen LogP contribution is 2.29. The van der Waals surface area contributed by atoms with Crippen LogP contribution in [-0.2, 0) is 4.79 Å². The first-order valence-corrected chi connectivity index (χ1v) is 11.0. The third-order valence-electron chi connectivity index (χ3n) is 4.98. The van der Waals surface area contributed by atoms with Gasteiger partial charge in [-0.3, -0.25) is 4.79 Å². The lowest BCUT2D eigenvalue weighted by atomic mass is 10.0. The van der Waals surface area contributed by atoms with Gasteiger partial charge < -0.3 is 15.4 Å². The number of aldehydes is 1. The molecule has 0 bridgehead atoms. The van der Waals surface area contributed by atoms with Crippen LogP contribution < -0.4 is 10.6 Å². The molecular formula is C24H20ClN3O2S. The second-order valence-corrected chi connectivity index (χ2v) is 8.56. The van der Waals surface area contributed by atoms with Crippen LogP contribution in [0.4, 0.5) is 10.8 Å². The average Bonchev–Trinajstić information content (AvgIpc) is 3.19. The molecule has 0 radical (unpaired) electrons. The Morgan fingerprint density at radius 2 is 1.94 bits per heavy atom. The molecule has 0 spiro atoms. The number of thiazole rings is 1. The van der Waals surface area contributed by atoms with E-state index in [2.05, 4.69) is 15.6 Å². The number of aryl methyl sites for hydroxylation is 1. The van der Waals surface area contributed by atoms with Crippen molar-refractivity contribution in [2.24, 2.45) is 0 Å². The monoisotopic (exact) mass is 449 g/mol. The Morgan fingerprint density at radius 3 is 2.68 bits per heavy atom. The maximum atomic E-state index is 12.7. The Bertz CT molecular complexity index is 1220. The molecule has 0 fully saturated rings. The van der Waals surface area contributed by atoms with Crippen molar-refractivity contribution in [1.29, 1.82) is 0 Å². The van der Waals surface area contributed by atoms with Gasteiger partial charge in [0.2, 0.25) is 0 Å². The summed E-state index contributed by atoms with van der Waals surface area (Å²) < 4.78 is 0.883. The lowest BCUT2D eigenvalue weighted by Gasteiger charge is -2.10. The molecule has 4 aromatic rings. The summed E-state index contributed by atoms with van der Waals surface area (Å²) in [6.07, 6.45) is 0.939. The largest absolute Gasteiger partial charge is 0.360 e. The zero-order chi connectivity index (χ0) is 21.8. The Morgan fingerprint density at radius 1 is 1.13 bits per heavy atom. The topological polar surface area (TPSA) is 71.1 Å². The van der Waals surface area contributed by atoms with E-state index in [4.69, 9.17) is 11.6 Å². The van der Waals surface area contributed by atoms with Crippen LogP contribution in [0.3, 0.4) is 0 Å². The highest BCUT2D eigenvalue weighted by atomic mass is 35.5. The van der Waals surface area contributed by atoms with Crippen molar-refractivity contribution in [3.63, 3.8) is 0 Å². The normalized spacial score (nSPS) is 11.8. The van der Waals surface area contributed by atoms with Gasteiger partial charge in [-0.05, 0) is 42.3 Å². The summed E-state index contributed by atoms with van der Waals surface area (Å²) in [4.78, 5) is 28.8. The quantitative estimate of drug-likeness (QED) is 0.344. The molecular weight excluding hydrogens is 430 g/mol. The van der Waals surface area contributed by atoms with Crippen LogP contribution in [0.1, 0.15) is 27.4 Å². The second-order valence-electron chi connectivity index (χ2n) is 7.12. The molecule has 1 amide bonds. The fourth-order valence-corrected chi connectivity index (χ4v) is 4.44. The van der Waals surface area contributed by atoms with Gasteiger partial charge >= 0.3 is 0 Å². The van der Waals surface area contributed by atoms with Crippen LogP contribution in [0.25, 0.3) is 10.2 Å². The molecule has 1 atom stereocenters. The number of carbonyl (C=O) groups is 2. The van der Waals surface area contributed by atoms with Gasteiger partial charge in [0.15, 0.2) is 5.13 Å². The van der Waals surface area contributed by atoms with Gasteiger partial charge in [-0.2, -0.15) is 0 Å². The minimum atomic E-state index is -0.256. The van der Waals surface area contributed by atoms with E-state index < -0.39 is 0 Å². The number of anilines is 2. The molecule has 3 aromatic carbocycles. The fraction of sp³-hybridized carbons (Fsp3) is 0.125. The molecule has 0 aliphatic rings. The molecule has 7 heteroatoms. The number of rotatable bonds is 7. The van der Waals surface area contributed by atoms with Gasteiger partial charge in [-0.1, -0.05) is 65.4 Å². The molecule has 0 saturated heterocycles. The minimum Gasteiger partial charge on any atom is -0.360 e. The molecule has 5 nitrogen and oxygen atoms in total. The van der Waals surface area contributed by atoms with E-state index in [-0.39, 0.29) is 11.8 Å². The van der Waals surface area contributed by atoms with Gasteiger partial charge in [0.05, 0.1) is 26.8 Å². The summed E-state index contributed by atoms with van der Waals surface area (Å²) in [6, 6.07) is 20.5. The van der Waals surface area contributed by atoms with Gasteiger partial charge in [0.1, 0.15) is 6.29 Å². The number of hydrogen-bond donors (Lipinski definition) is 2. The predicted molar refractivity (Wildman–Crippen MR) is 127 cm³/mol. The van der Waals surface area contributed by atoms with E-state index in [9.17, 15) is 9.59 Å². The summed E-state index contributed by atoms with van der Waals surface area (Å²) in [5.41, 5.74) is 3.79. The van der Waals surface area contributed by atoms with Crippen molar-refractivity contribution in [2.75, 3.05) is 17.2 Å². The number of para-hydroxylation sites is 1. The summed E-state index contributed by atoms with van der Waals surface area (Å²) >= 11 is 7.67. The van der Waals surface area contributed by atoms with Crippen LogP contribution in [0.2, 0.25) is 5.02 Å². The summed E-state index contributed by atoms with van der Waals surface area (Å²) in [5, 5.41) is 7.34. The first-order valence-electron chi connectivity index (χ1n) is 9.76. The molecule has 4 rings (SSSR count). The number of halogens is 1. The van der Waals surface area contributed by atoms with Crippen molar-refractivity contribution >= 4 is 56.2 Å². The first kappa shape index (κ1) is 21.0. The van der Waals surface area contributed by atoms with E-state index in [0.717, 1.165) is 27.6 Å². The van der Waals surface area contributed by atoms with Crippen LogP contribution in [0.5, 0.6) is 0 Å². The number of benzene rings is 3. The highest BCUT2D eigenvalue weighted by Gasteiger charge is 2.14. The number of fused-ring (bicyclic) bond motifs is 1. The number of nitrogens with one attached hydrogen (secondary N) is 2. The van der Waals surface area contributed by atoms with Crippen molar-refractivity contribution in [1.82, 2.24) is 4.98 Å². The van der Waals surface area contributed by atoms with Gasteiger partial charge in [-0.25, -0.2) is 4.98 Å². The lowest BCUT2D eigenvalue weighted by Crippen LogP contribution is -2.13. The number of amides is 1. The van der Waals surface area contributed by atoms with E-state index >= 15 is 0 Å². The summed E-state index contributed by atoms with van der Waals surface area (Å²) in [5.74, 6) is -0.487. The Kier molecular flexibility index (Phi) is 6.30. The van der Waals surface area contributed by atoms with Crippen molar-refractivity contribution in [3.8, 4) is 0 Å². The number of hydrogen-bond acceptors (Lipinski definition) is 5. The molecule has 0 aliphatic heterocycles. The van der Waals surface area contributed by atoms with Crippen LogP contribution in [0, 0.1) is 6.92 Å². The minimum absolute atomic E-state index is 0.230. The molecule has 0 aliphatic carbocycles. The third-order valence-corrected chi connectivity index (χ3v) is 6.27. The zero-order valence-electron chi connectivity index (χ0n) is 16.8. The Hall–Kier alpha value is -3.22. The molecule has 0 saturated carbocycles. The van der Waals surface area contributed by atoms with Crippen molar-refractivity contribution in [3.05, 3.63) is 88.4 Å². The van der Waals surface area contributed by atoms with E-state index in [0.29, 0.717) is 27.9 Å². The number of carbonyl (C=O) groups excluding carboxylic acids is 2. The molecule has 1 unspecified atom stereocenters. The Labute approximate surface area is 189 Å². The maximum absolute atomic E-state index is 12.7. The van der Waals surface area contributed by atoms with Gasteiger partial charge in [0, 0.05) is 12.1 Å². The lowest BCUT2D eigenvalue weighted by molar-refractivity contribution is -0.108. The van der Waals surface area contributed by atoms with E-state index in [1.807, 2.05) is 61.5 Å². The molecule has 31 heavy (non-hydrogen) atoms. The van der Waals surface area contributed by atoms with Gasteiger partial charge in [0.25, 0.3) is 5.91 Å². The fourth-order valence-electron chi connectivity index (χ4n) is 3.26. The summed E-state index contributed by atoms with van der Waals surface area (Å²) in [6.45, 7) is 2.35. The molecule has 156 valence electrons. The highest BCUT2D eigenvalue weighted by molar-refractivity contribution is 7.22. The third kappa shape index (κ3) is 4.76. The Balaban J connectivity index is 1.49. The van der Waals surface area contributed by atoms with E-state index in [1.54, 1.807) is 12.1 Å². The number of nitrogens with zero attached hydrogens (tertiary/aromatic N) is 1. The van der Waals surface area contributed by atoms with Crippen molar-refractivity contribution < 1.29 is 9.59 Å².